The van der Waals surface area contributed by atoms with Crippen molar-refractivity contribution < 1.29 is 72.4 Å². The maximum absolute atomic E-state index is 13.0. The number of H-pyrrole nitrogens is 1. The van der Waals surface area contributed by atoms with Gasteiger partial charge in [-0.3, -0.25) is 23.4 Å². The number of nitrogens with zero attached hydrogens (tertiary/aromatic N) is 1. The molecule has 0 bridgehead atoms. The first-order chi connectivity index (χ1) is 16.7. The van der Waals surface area contributed by atoms with Gasteiger partial charge >= 0.3 is 21.3 Å². The van der Waals surface area contributed by atoms with Crippen LogP contribution >= 0.6 is 15.6 Å². The fourth-order valence-corrected chi connectivity index (χ4v) is 5.58. The van der Waals surface area contributed by atoms with E-state index in [9.17, 15) is 49.4 Å². The maximum atomic E-state index is 13.0. The van der Waals surface area contributed by atoms with Crippen LogP contribution in [0.2, 0.25) is 0 Å². The maximum Gasteiger partial charge on any atom is 0.486 e. The van der Waals surface area contributed by atoms with Crippen molar-refractivity contribution in [3.63, 3.8) is 0 Å². The van der Waals surface area contributed by atoms with Gasteiger partial charge in [-0.25, -0.2) is 13.9 Å². The average Bonchev–Trinajstić information content (AvgIpc) is 3.05. The predicted octanol–water partition coefficient (Wildman–Crippen LogP) is -4.79. The number of hydrogen-bond acceptors (Lipinski definition) is 15. The Morgan fingerprint density at radius 3 is 2.17 bits per heavy atom. The number of phosphoric ester groups is 1. The van der Waals surface area contributed by atoms with Crippen LogP contribution in [-0.2, 0) is 32.0 Å². The Hall–Kier alpha value is -1.38. The van der Waals surface area contributed by atoms with Crippen LogP contribution in [0, 0.1) is 0 Å². The molecule has 1 aromatic heterocycles. The van der Waals surface area contributed by atoms with Gasteiger partial charge in [0, 0.05) is 12.3 Å². The number of aliphatic hydroxyl groups is 6. The molecule has 0 saturated carbocycles. The molecule has 1 aromatic rings. The second-order valence-corrected chi connectivity index (χ2v) is 10.7. The SMILES string of the molecule is O=c1ccn([C@H]2O[C@@H](COP(=O)(O[C@@H]3O[C@H](CO)[C@H](O)[C@@H](O)[C@@H]3O)OP(=O)(O)O)C(O)C2O)c(=O)[nH]1. The lowest BCUT2D eigenvalue weighted by molar-refractivity contribution is -0.281. The van der Waals surface area contributed by atoms with Crippen molar-refractivity contribution >= 4 is 15.6 Å². The lowest BCUT2D eigenvalue weighted by Crippen LogP contribution is -2.59. The summed E-state index contributed by atoms with van der Waals surface area (Å²) in [5.74, 6) is 0. The summed E-state index contributed by atoms with van der Waals surface area (Å²) in [7, 11) is -11.1. The Morgan fingerprint density at radius 1 is 0.944 bits per heavy atom. The summed E-state index contributed by atoms with van der Waals surface area (Å²) in [6, 6.07) is 0.921. The summed E-state index contributed by atoms with van der Waals surface area (Å²) < 4.78 is 48.9. The van der Waals surface area contributed by atoms with Crippen molar-refractivity contribution in [2.75, 3.05) is 13.2 Å². The third kappa shape index (κ3) is 6.54. The van der Waals surface area contributed by atoms with Gasteiger partial charge in [0.15, 0.2) is 12.5 Å². The summed E-state index contributed by atoms with van der Waals surface area (Å²) in [6.45, 7) is -1.97. The van der Waals surface area contributed by atoms with Crippen LogP contribution in [0.25, 0.3) is 0 Å². The number of aliphatic hydroxyl groups excluding tert-OH is 6. The number of aromatic amines is 1. The predicted molar refractivity (Wildman–Crippen MR) is 109 cm³/mol. The first-order valence-electron chi connectivity index (χ1n) is 9.99. The Balaban J connectivity index is 1.77. The standard InChI is InChI=1S/C15H24N2O17P2/c18-3-5-8(20)10(22)12(24)14(32-5)33-36(29,34-35(26,27)28)30-4-6-9(21)11(23)13(31-6)17-2-1-7(19)16-15(17)25/h1-2,5-6,8-14,18,20-24H,3-4H2,(H,16,19,25)(H2,26,27,28)/t5-,6+,8+,9?,10-,11?,12+,13+,14+,36?/m1/s1. The van der Waals surface area contributed by atoms with Crippen LogP contribution in [-0.4, -0.2) is 112 Å². The van der Waals surface area contributed by atoms with Gasteiger partial charge in [0.1, 0.15) is 42.7 Å². The number of hydrogen-bond donors (Lipinski definition) is 9. The molecule has 0 aromatic carbocycles. The summed E-state index contributed by atoms with van der Waals surface area (Å²) >= 11 is 0. The molecule has 2 fully saturated rings. The molecule has 0 spiro atoms. The fraction of sp³-hybridized carbons (Fsp3) is 0.733. The number of nitrogens with one attached hydrogen (secondary N) is 1. The van der Waals surface area contributed by atoms with Crippen molar-refractivity contribution in [2.45, 2.75) is 55.2 Å². The van der Waals surface area contributed by atoms with E-state index < -0.39 is 95.4 Å². The quantitative estimate of drug-likeness (QED) is 0.127. The van der Waals surface area contributed by atoms with Crippen LogP contribution in [0.4, 0.5) is 0 Å². The molecule has 21 heteroatoms. The molecule has 2 aliphatic rings. The van der Waals surface area contributed by atoms with Gasteiger partial charge in [-0.15, -0.1) is 0 Å². The molecule has 9 N–H and O–H groups in total. The molecule has 2 aliphatic heterocycles. The minimum absolute atomic E-state index is 0.714. The Bertz CT molecular complexity index is 1120. The van der Waals surface area contributed by atoms with E-state index in [1.54, 1.807) is 0 Å². The second-order valence-electron chi connectivity index (χ2n) is 7.68. The van der Waals surface area contributed by atoms with Gasteiger partial charge in [0.2, 0.25) is 0 Å². The van der Waals surface area contributed by atoms with Gasteiger partial charge in [0.25, 0.3) is 5.56 Å². The van der Waals surface area contributed by atoms with E-state index in [4.69, 9.17) is 28.3 Å². The number of phosphoric acid groups is 2. The molecule has 0 amide bonds. The first kappa shape index (κ1) is 29.2. The van der Waals surface area contributed by atoms with Crippen LogP contribution in [0.1, 0.15) is 6.23 Å². The number of ether oxygens (including phenoxy) is 2. The lowest BCUT2D eigenvalue weighted by Gasteiger charge is -2.40. The van der Waals surface area contributed by atoms with Crippen LogP contribution < -0.4 is 11.2 Å². The van der Waals surface area contributed by atoms with E-state index in [-0.39, 0.29) is 0 Å². The fourth-order valence-electron chi connectivity index (χ4n) is 3.37. The summed E-state index contributed by atoms with van der Waals surface area (Å²) in [5.41, 5.74) is -1.77. The van der Waals surface area contributed by atoms with Crippen molar-refractivity contribution in [3.05, 3.63) is 33.1 Å². The molecule has 3 rings (SSSR count). The Morgan fingerprint density at radius 2 is 1.58 bits per heavy atom. The second kappa shape index (κ2) is 11.2. The summed E-state index contributed by atoms with van der Waals surface area (Å²) in [5, 5.41) is 59.3. The zero-order valence-corrected chi connectivity index (χ0v) is 19.6. The highest BCUT2D eigenvalue weighted by Gasteiger charge is 2.50. The molecule has 3 unspecified atom stereocenters. The third-order valence-electron chi connectivity index (χ3n) is 5.15. The molecule has 36 heavy (non-hydrogen) atoms. The first-order valence-corrected chi connectivity index (χ1v) is 13.0. The molecule has 0 aliphatic carbocycles. The van der Waals surface area contributed by atoms with E-state index in [1.165, 1.54) is 0 Å². The minimum Gasteiger partial charge on any atom is -0.394 e. The van der Waals surface area contributed by atoms with E-state index in [0.29, 0.717) is 4.57 Å². The van der Waals surface area contributed by atoms with Crippen molar-refractivity contribution in [1.82, 2.24) is 9.55 Å². The average molecular weight is 566 g/mol. The monoisotopic (exact) mass is 566 g/mol. The summed E-state index contributed by atoms with van der Waals surface area (Å²) in [6.07, 6.45) is -15.6. The lowest BCUT2D eigenvalue weighted by atomic mass is 10.00. The zero-order chi connectivity index (χ0) is 27.0. The normalized spacial score (nSPS) is 37.1. The highest BCUT2D eigenvalue weighted by atomic mass is 31.3. The van der Waals surface area contributed by atoms with Crippen molar-refractivity contribution in [2.24, 2.45) is 0 Å². The number of aromatic nitrogens is 2. The molecule has 206 valence electrons. The minimum atomic E-state index is -5.63. The number of rotatable bonds is 9. The van der Waals surface area contributed by atoms with E-state index in [1.807, 2.05) is 4.98 Å². The molecular weight excluding hydrogens is 542 g/mol. The van der Waals surface area contributed by atoms with Crippen LogP contribution in [0.15, 0.2) is 21.9 Å². The van der Waals surface area contributed by atoms with Gasteiger partial charge < -0.3 is 49.9 Å². The molecule has 10 atom stereocenters. The largest absolute Gasteiger partial charge is 0.486 e. The van der Waals surface area contributed by atoms with Crippen LogP contribution in [0.3, 0.4) is 0 Å². The van der Waals surface area contributed by atoms with Gasteiger partial charge in [0.05, 0.1) is 13.2 Å². The highest BCUT2D eigenvalue weighted by molar-refractivity contribution is 7.61. The van der Waals surface area contributed by atoms with Crippen molar-refractivity contribution in [1.29, 1.82) is 0 Å². The Labute approximate surface area is 199 Å². The van der Waals surface area contributed by atoms with Gasteiger partial charge in [-0.05, 0) is 0 Å². The van der Waals surface area contributed by atoms with E-state index >= 15 is 0 Å². The van der Waals surface area contributed by atoms with Crippen LogP contribution in [0.5, 0.6) is 0 Å². The van der Waals surface area contributed by atoms with Gasteiger partial charge in [-0.1, -0.05) is 0 Å². The molecule has 0 radical (unpaired) electrons. The zero-order valence-electron chi connectivity index (χ0n) is 17.9. The van der Waals surface area contributed by atoms with Crippen molar-refractivity contribution in [3.8, 4) is 0 Å². The topological polar surface area (TPSA) is 297 Å². The molecule has 3 heterocycles. The Kier molecular flexibility index (Phi) is 9.05. The molecule has 19 nitrogen and oxygen atoms in total. The summed E-state index contributed by atoms with van der Waals surface area (Å²) in [4.78, 5) is 43.3. The smallest absolute Gasteiger partial charge is 0.394 e. The van der Waals surface area contributed by atoms with Gasteiger partial charge in [-0.2, -0.15) is 4.31 Å². The van der Waals surface area contributed by atoms with E-state index in [2.05, 4.69) is 4.31 Å². The van der Waals surface area contributed by atoms with E-state index in [0.717, 1.165) is 12.3 Å². The third-order valence-corrected chi connectivity index (χ3v) is 7.73. The molecule has 2 saturated heterocycles. The highest BCUT2D eigenvalue weighted by Crippen LogP contribution is 2.62. The molecular formula is C15H24N2O17P2.